The van der Waals surface area contributed by atoms with Gasteiger partial charge in [-0.2, -0.15) is 0 Å². The topological polar surface area (TPSA) is 64.8 Å². The average Bonchev–Trinajstić information content (AvgIpc) is 2.71. The molecule has 0 amide bonds. The van der Waals surface area contributed by atoms with Crippen molar-refractivity contribution in [3.8, 4) is 0 Å². The summed E-state index contributed by atoms with van der Waals surface area (Å²) >= 11 is 0. The Morgan fingerprint density at radius 2 is 1.73 bits per heavy atom. The summed E-state index contributed by atoms with van der Waals surface area (Å²) in [7, 11) is 0. The van der Waals surface area contributed by atoms with Gasteiger partial charge in [-0.15, -0.1) is 5.10 Å². The van der Waals surface area contributed by atoms with E-state index in [1.807, 2.05) is 12.1 Å². The van der Waals surface area contributed by atoms with E-state index in [2.05, 4.69) is 22.4 Å². The minimum absolute atomic E-state index is 0.0978. The Kier molecular flexibility index (Phi) is 4.61. The van der Waals surface area contributed by atoms with E-state index in [0.29, 0.717) is 22.4 Å². The first kappa shape index (κ1) is 16.6. The number of hydrogen-bond acceptors (Lipinski definition) is 4. The third kappa shape index (κ3) is 3.29. The Morgan fingerprint density at radius 3 is 2.50 bits per heavy atom. The van der Waals surface area contributed by atoms with E-state index in [-0.39, 0.29) is 17.9 Å². The van der Waals surface area contributed by atoms with Crippen molar-refractivity contribution in [1.82, 2.24) is 15.0 Å². The molecule has 4 rings (SSSR count). The number of aromatic nitrogens is 3. The molecule has 0 aliphatic heterocycles. The van der Waals surface area contributed by atoms with Crippen molar-refractivity contribution in [1.29, 1.82) is 0 Å². The van der Waals surface area contributed by atoms with E-state index in [1.165, 1.54) is 37.7 Å². The second kappa shape index (κ2) is 7.20. The van der Waals surface area contributed by atoms with Crippen LogP contribution in [0.3, 0.4) is 0 Å². The fourth-order valence-electron chi connectivity index (χ4n) is 3.73. The molecule has 0 bridgehead atoms. The normalized spacial score (nSPS) is 15.2. The fraction of sp³-hybridized carbons (Fsp3) is 0.333. The van der Waals surface area contributed by atoms with Crippen molar-refractivity contribution in [2.24, 2.45) is 0 Å². The van der Waals surface area contributed by atoms with Gasteiger partial charge in [-0.05, 0) is 36.5 Å². The average molecular weight is 347 g/mol. The zero-order chi connectivity index (χ0) is 17.9. The summed E-state index contributed by atoms with van der Waals surface area (Å²) in [6.45, 7) is -0.0978. The number of hydrogen-bond donors (Lipinski definition) is 0. The summed E-state index contributed by atoms with van der Waals surface area (Å²) in [5.41, 5.74) is 2.16. The lowest BCUT2D eigenvalue weighted by molar-refractivity contribution is 0.0964. The van der Waals surface area contributed by atoms with Gasteiger partial charge in [-0.1, -0.05) is 60.9 Å². The molecule has 2 aromatic carbocycles. The van der Waals surface area contributed by atoms with Crippen LogP contribution in [0.5, 0.6) is 0 Å². The Balaban J connectivity index is 1.53. The summed E-state index contributed by atoms with van der Waals surface area (Å²) in [4.78, 5) is 25.0. The van der Waals surface area contributed by atoms with Crippen LogP contribution in [0.2, 0.25) is 0 Å². The van der Waals surface area contributed by atoms with Gasteiger partial charge in [-0.3, -0.25) is 9.59 Å². The molecule has 5 nitrogen and oxygen atoms in total. The van der Waals surface area contributed by atoms with E-state index < -0.39 is 0 Å². The van der Waals surface area contributed by atoms with Gasteiger partial charge in [0.1, 0.15) is 12.1 Å². The van der Waals surface area contributed by atoms with Gasteiger partial charge in [0, 0.05) is 5.56 Å². The first-order valence-corrected chi connectivity index (χ1v) is 9.18. The highest BCUT2D eigenvalue weighted by Gasteiger charge is 2.16. The first-order chi connectivity index (χ1) is 12.7. The number of carbonyl (C=O) groups excluding carboxylic acids is 1. The largest absolute Gasteiger partial charge is 0.292 e. The van der Waals surface area contributed by atoms with Gasteiger partial charge in [0.15, 0.2) is 5.78 Å². The maximum Gasteiger partial charge on any atom is 0.278 e. The van der Waals surface area contributed by atoms with E-state index in [4.69, 9.17) is 0 Å². The van der Waals surface area contributed by atoms with Crippen LogP contribution in [0.25, 0.3) is 10.9 Å². The molecule has 0 radical (unpaired) electrons. The van der Waals surface area contributed by atoms with Crippen LogP contribution in [-0.2, 0) is 6.54 Å². The Labute approximate surface area is 151 Å². The second-order valence-corrected chi connectivity index (χ2v) is 6.95. The highest BCUT2D eigenvalue weighted by atomic mass is 16.1. The molecule has 1 fully saturated rings. The molecule has 1 heterocycles. The molecular weight excluding hydrogens is 326 g/mol. The Bertz CT molecular complexity index is 986. The summed E-state index contributed by atoms with van der Waals surface area (Å²) in [6.07, 6.45) is 6.36. The number of Topliss-reactive ketones (excluding diaryl/α,β-unsaturated/α-hetero) is 1. The standard InChI is InChI=1S/C21H21N3O2/c25-20(14-24-21(26)18-8-4-5-9-19(18)22-23-24)17-12-10-16(11-13-17)15-6-2-1-3-7-15/h4-5,8-13,15H,1-3,6-7,14H2. The van der Waals surface area contributed by atoms with Crippen molar-refractivity contribution >= 4 is 16.7 Å². The lowest BCUT2D eigenvalue weighted by Crippen LogP contribution is -2.27. The molecule has 0 saturated heterocycles. The van der Waals surface area contributed by atoms with Gasteiger partial charge in [0.2, 0.25) is 0 Å². The Hall–Kier alpha value is -2.82. The molecule has 1 aliphatic carbocycles. The molecule has 1 aromatic heterocycles. The summed E-state index contributed by atoms with van der Waals surface area (Å²) in [5, 5.41) is 8.40. The van der Waals surface area contributed by atoms with Crippen molar-refractivity contribution in [3.63, 3.8) is 0 Å². The predicted octanol–water partition coefficient (Wildman–Crippen LogP) is 3.72. The van der Waals surface area contributed by atoms with Crippen LogP contribution in [0.1, 0.15) is 53.9 Å². The monoisotopic (exact) mass is 347 g/mol. The second-order valence-electron chi connectivity index (χ2n) is 6.95. The number of ketones is 1. The third-order valence-electron chi connectivity index (χ3n) is 5.23. The smallest absolute Gasteiger partial charge is 0.278 e. The summed E-state index contributed by atoms with van der Waals surface area (Å²) in [5.74, 6) is 0.480. The predicted molar refractivity (Wildman–Crippen MR) is 100 cm³/mol. The van der Waals surface area contributed by atoms with E-state index >= 15 is 0 Å². The minimum atomic E-state index is -0.289. The molecule has 0 atom stereocenters. The molecule has 5 heteroatoms. The van der Waals surface area contributed by atoms with Crippen LogP contribution in [0.4, 0.5) is 0 Å². The van der Waals surface area contributed by atoms with E-state index in [1.54, 1.807) is 24.3 Å². The Morgan fingerprint density at radius 1 is 1.00 bits per heavy atom. The lowest BCUT2D eigenvalue weighted by Gasteiger charge is -2.22. The molecule has 1 saturated carbocycles. The summed E-state index contributed by atoms with van der Waals surface area (Å²) in [6, 6.07) is 14.9. The van der Waals surface area contributed by atoms with Crippen LogP contribution in [-0.4, -0.2) is 20.8 Å². The fourth-order valence-corrected chi connectivity index (χ4v) is 3.73. The molecule has 0 unspecified atom stereocenters. The van der Waals surface area contributed by atoms with Crippen molar-refractivity contribution in [3.05, 3.63) is 70.0 Å². The third-order valence-corrected chi connectivity index (χ3v) is 5.23. The van der Waals surface area contributed by atoms with Gasteiger partial charge < -0.3 is 0 Å². The zero-order valence-corrected chi connectivity index (χ0v) is 14.6. The van der Waals surface area contributed by atoms with Crippen LogP contribution in [0.15, 0.2) is 53.3 Å². The molecule has 132 valence electrons. The van der Waals surface area contributed by atoms with Gasteiger partial charge in [-0.25, -0.2) is 4.68 Å². The van der Waals surface area contributed by atoms with E-state index in [9.17, 15) is 9.59 Å². The molecule has 1 aliphatic rings. The highest BCUT2D eigenvalue weighted by Crippen LogP contribution is 2.32. The molecule has 0 N–H and O–H groups in total. The molecule has 0 spiro atoms. The summed E-state index contributed by atoms with van der Waals surface area (Å²) < 4.78 is 1.14. The number of nitrogens with zero attached hydrogens (tertiary/aromatic N) is 3. The highest BCUT2D eigenvalue weighted by molar-refractivity contribution is 5.96. The van der Waals surface area contributed by atoms with Crippen LogP contribution < -0.4 is 5.56 Å². The van der Waals surface area contributed by atoms with E-state index in [0.717, 1.165) is 4.68 Å². The maximum atomic E-state index is 12.6. The number of rotatable bonds is 4. The van der Waals surface area contributed by atoms with Crippen molar-refractivity contribution < 1.29 is 4.79 Å². The van der Waals surface area contributed by atoms with Crippen LogP contribution >= 0.6 is 0 Å². The van der Waals surface area contributed by atoms with Crippen molar-refractivity contribution in [2.45, 2.75) is 44.6 Å². The quantitative estimate of drug-likeness (QED) is 0.675. The lowest BCUT2D eigenvalue weighted by atomic mass is 9.84. The van der Waals surface area contributed by atoms with Gasteiger partial charge in [0.25, 0.3) is 5.56 Å². The SMILES string of the molecule is O=C(Cn1nnc2ccccc2c1=O)c1ccc(C2CCCCC2)cc1. The van der Waals surface area contributed by atoms with Crippen molar-refractivity contribution in [2.75, 3.05) is 0 Å². The zero-order valence-electron chi connectivity index (χ0n) is 14.6. The van der Waals surface area contributed by atoms with Gasteiger partial charge in [0.05, 0.1) is 5.39 Å². The molecule has 26 heavy (non-hydrogen) atoms. The number of carbonyl (C=O) groups is 1. The first-order valence-electron chi connectivity index (χ1n) is 9.18. The number of fused-ring (bicyclic) bond motifs is 1. The van der Waals surface area contributed by atoms with Gasteiger partial charge >= 0.3 is 0 Å². The minimum Gasteiger partial charge on any atom is -0.292 e. The maximum absolute atomic E-state index is 12.6. The molecular formula is C21H21N3O2. The number of benzene rings is 2. The molecule has 3 aromatic rings. The van der Waals surface area contributed by atoms with Crippen LogP contribution in [0, 0.1) is 0 Å².